The average Bonchev–Trinajstić information content (AvgIpc) is 2.81. The maximum atomic E-state index is 11.9. The van der Waals surface area contributed by atoms with Gasteiger partial charge in [0.25, 0.3) is 12.3 Å². The number of nitrogens with zero attached hydrogens (tertiary/aromatic N) is 1. The highest BCUT2D eigenvalue weighted by molar-refractivity contribution is 7.89. The Morgan fingerprint density at radius 1 is 1.52 bits per heavy atom. The van der Waals surface area contributed by atoms with Crippen LogP contribution in [0.2, 0.25) is 0 Å². The minimum atomic E-state index is -3.90. The van der Waals surface area contributed by atoms with E-state index in [-0.39, 0.29) is 23.7 Å². The zero-order valence-electron chi connectivity index (χ0n) is 11.4. The molecule has 7 nitrogen and oxygen atoms in total. The van der Waals surface area contributed by atoms with Gasteiger partial charge in [-0.05, 0) is 13.0 Å². The normalized spacial score (nSPS) is 11.9. The second-order valence-corrected chi connectivity index (χ2v) is 5.68. The molecule has 0 bridgehead atoms. The fraction of sp³-hybridized carbons (Fsp3) is 0.545. The molecular weight excluding hydrogens is 308 g/mol. The summed E-state index contributed by atoms with van der Waals surface area (Å²) in [5, 5.41) is 7.44. The molecule has 1 aromatic heterocycles. The van der Waals surface area contributed by atoms with E-state index < -0.39 is 29.0 Å². The molecule has 21 heavy (non-hydrogen) atoms. The lowest BCUT2D eigenvalue weighted by atomic mass is 10.4. The standard InChI is InChI=1S/C11H17F2N3O4S/c1-2-16-6-8(21(14,18)19)5-9(16)11(17)15-3-4-20-7-10(12)13/h5-6,10H,2-4,7H2,1H3,(H,15,17)(H2,14,18,19). The van der Waals surface area contributed by atoms with Crippen molar-refractivity contribution in [3.8, 4) is 0 Å². The third-order valence-electron chi connectivity index (χ3n) is 2.55. The SMILES string of the molecule is CCn1cc(S(N)(=O)=O)cc1C(=O)NCCOCC(F)F. The first-order valence-electron chi connectivity index (χ1n) is 6.12. The van der Waals surface area contributed by atoms with Crippen molar-refractivity contribution >= 4 is 15.9 Å². The molecule has 0 aliphatic rings. The van der Waals surface area contributed by atoms with E-state index in [0.717, 1.165) is 6.07 Å². The molecule has 0 spiro atoms. The van der Waals surface area contributed by atoms with Crippen LogP contribution in [0.5, 0.6) is 0 Å². The summed E-state index contributed by atoms with van der Waals surface area (Å²) in [6.45, 7) is 1.38. The number of aromatic nitrogens is 1. The van der Waals surface area contributed by atoms with Gasteiger partial charge in [0.1, 0.15) is 17.2 Å². The number of carbonyl (C=O) groups is 1. The Morgan fingerprint density at radius 2 is 2.19 bits per heavy atom. The molecule has 0 unspecified atom stereocenters. The number of hydrogen-bond donors (Lipinski definition) is 2. The number of nitrogens with one attached hydrogen (secondary N) is 1. The highest BCUT2D eigenvalue weighted by Crippen LogP contribution is 2.13. The minimum absolute atomic E-state index is 0.0329. The molecule has 0 aromatic carbocycles. The first kappa shape index (κ1) is 17.5. The fourth-order valence-corrected chi connectivity index (χ4v) is 2.14. The van der Waals surface area contributed by atoms with E-state index in [4.69, 9.17) is 5.14 Å². The van der Waals surface area contributed by atoms with Gasteiger partial charge in [-0.1, -0.05) is 0 Å². The molecule has 120 valence electrons. The van der Waals surface area contributed by atoms with Gasteiger partial charge in [0, 0.05) is 19.3 Å². The van der Waals surface area contributed by atoms with Crippen molar-refractivity contribution in [3.63, 3.8) is 0 Å². The van der Waals surface area contributed by atoms with Crippen LogP contribution in [0.1, 0.15) is 17.4 Å². The second kappa shape index (κ2) is 7.48. The number of hydrogen-bond acceptors (Lipinski definition) is 4. The van der Waals surface area contributed by atoms with Crippen LogP contribution in [0.25, 0.3) is 0 Å². The Labute approximate surface area is 121 Å². The van der Waals surface area contributed by atoms with E-state index >= 15 is 0 Å². The molecule has 1 rings (SSSR count). The van der Waals surface area contributed by atoms with Gasteiger partial charge in [0.05, 0.1) is 6.61 Å². The largest absolute Gasteiger partial charge is 0.374 e. The molecule has 0 saturated carbocycles. The summed E-state index contributed by atoms with van der Waals surface area (Å²) < 4.78 is 52.1. The zero-order valence-corrected chi connectivity index (χ0v) is 12.2. The Balaban J connectivity index is 2.63. The summed E-state index contributed by atoms with van der Waals surface area (Å²) >= 11 is 0. The lowest BCUT2D eigenvalue weighted by Gasteiger charge is -2.08. The lowest BCUT2D eigenvalue weighted by molar-refractivity contribution is 0.0188. The van der Waals surface area contributed by atoms with E-state index in [0.29, 0.717) is 6.54 Å². The number of ether oxygens (including phenoxy) is 1. The summed E-state index contributed by atoms with van der Waals surface area (Å²) in [6.07, 6.45) is -1.30. The summed E-state index contributed by atoms with van der Waals surface area (Å²) in [4.78, 5) is 11.7. The number of alkyl halides is 2. The van der Waals surface area contributed by atoms with Crippen LogP contribution in [-0.2, 0) is 21.3 Å². The van der Waals surface area contributed by atoms with Crippen molar-refractivity contribution in [1.82, 2.24) is 9.88 Å². The monoisotopic (exact) mass is 325 g/mol. The van der Waals surface area contributed by atoms with Crippen LogP contribution in [0.3, 0.4) is 0 Å². The number of amides is 1. The second-order valence-electron chi connectivity index (χ2n) is 4.11. The van der Waals surface area contributed by atoms with Gasteiger partial charge < -0.3 is 14.6 Å². The Kier molecular flexibility index (Phi) is 6.24. The van der Waals surface area contributed by atoms with Gasteiger partial charge in [-0.25, -0.2) is 22.3 Å². The molecule has 3 N–H and O–H groups in total. The highest BCUT2D eigenvalue weighted by atomic mass is 32.2. The zero-order chi connectivity index (χ0) is 16.0. The summed E-state index contributed by atoms with van der Waals surface area (Å²) in [6, 6.07) is 1.16. The molecule has 0 radical (unpaired) electrons. The van der Waals surface area contributed by atoms with E-state index in [2.05, 4.69) is 10.1 Å². The predicted octanol–water partition coefficient (Wildman–Crippen LogP) is 0.167. The van der Waals surface area contributed by atoms with Crippen molar-refractivity contribution in [3.05, 3.63) is 18.0 Å². The van der Waals surface area contributed by atoms with E-state index in [1.165, 1.54) is 10.8 Å². The first-order chi connectivity index (χ1) is 9.75. The van der Waals surface area contributed by atoms with Crippen molar-refractivity contribution in [2.24, 2.45) is 5.14 Å². The molecule has 0 aliphatic heterocycles. The number of carbonyl (C=O) groups excluding carboxylic acids is 1. The van der Waals surface area contributed by atoms with E-state index in [1.54, 1.807) is 6.92 Å². The molecular formula is C11H17F2N3O4S. The van der Waals surface area contributed by atoms with Crippen LogP contribution in [0.15, 0.2) is 17.2 Å². The van der Waals surface area contributed by atoms with Crippen molar-refractivity contribution in [2.45, 2.75) is 24.8 Å². The van der Waals surface area contributed by atoms with Gasteiger partial charge in [-0.15, -0.1) is 0 Å². The Morgan fingerprint density at radius 3 is 2.71 bits per heavy atom. The summed E-state index contributed by atoms with van der Waals surface area (Å²) in [7, 11) is -3.90. The summed E-state index contributed by atoms with van der Waals surface area (Å²) in [5.41, 5.74) is 0.121. The van der Waals surface area contributed by atoms with Gasteiger partial charge in [-0.2, -0.15) is 0 Å². The van der Waals surface area contributed by atoms with Gasteiger partial charge in [0.2, 0.25) is 10.0 Å². The Hall–Kier alpha value is -1.52. The van der Waals surface area contributed by atoms with Crippen molar-refractivity contribution < 1.29 is 26.7 Å². The summed E-state index contributed by atoms with van der Waals surface area (Å²) in [5.74, 6) is -0.535. The van der Waals surface area contributed by atoms with E-state index in [9.17, 15) is 22.0 Å². The van der Waals surface area contributed by atoms with Crippen molar-refractivity contribution in [2.75, 3.05) is 19.8 Å². The molecule has 0 aliphatic carbocycles. The smallest absolute Gasteiger partial charge is 0.268 e. The predicted molar refractivity (Wildman–Crippen MR) is 70.6 cm³/mol. The van der Waals surface area contributed by atoms with Crippen LogP contribution < -0.4 is 10.5 Å². The number of nitrogens with two attached hydrogens (primary N) is 1. The first-order valence-corrected chi connectivity index (χ1v) is 7.67. The number of primary sulfonamides is 1. The maximum absolute atomic E-state index is 11.9. The maximum Gasteiger partial charge on any atom is 0.268 e. The molecule has 1 amide bonds. The average molecular weight is 325 g/mol. The molecule has 0 fully saturated rings. The molecule has 1 heterocycles. The quantitative estimate of drug-likeness (QED) is 0.665. The van der Waals surface area contributed by atoms with Gasteiger partial charge in [-0.3, -0.25) is 4.79 Å². The molecule has 0 atom stereocenters. The highest BCUT2D eigenvalue weighted by Gasteiger charge is 2.18. The fourth-order valence-electron chi connectivity index (χ4n) is 1.59. The van der Waals surface area contributed by atoms with Crippen LogP contribution in [0.4, 0.5) is 8.78 Å². The molecule has 0 saturated heterocycles. The van der Waals surface area contributed by atoms with Gasteiger partial charge >= 0.3 is 0 Å². The Bertz CT molecular complexity index is 586. The number of sulfonamides is 1. The molecule has 10 heteroatoms. The lowest BCUT2D eigenvalue weighted by Crippen LogP contribution is -2.29. The minimum Gasteiger partial charge on any atom is -0.374 e. The van der Waals surface area contributed by atoms with Crippen LogP contribution in [-0.4, -0.2) is 45.1 Å². The third-order valence-corrected chi connectivity index (χ3v) is 3.43. The molecule has 1 aromatic rings. The van der Waals surface area contributed by atoms with Crippen molar-refractivity contribution in [1.29, 1.82) is 0 Å². The van der Waals surface area contributed by atoms with E-state index in [1.807, 2.05) is 0 Å². The number of aryl methyl sites for hydroxylation is 1. The van der Waals surface area contributed by atoms with Crippen LogP contribution in [0, 0.1) is 0 Å². The third kappa shape index (κ3) is 5.40. The number of halogens is 2. The van der Waals surface area contributed by atoms with Gasteiger partial charge in [0.15, 0.2) is 0 Å². The number of rotatable bonds is 8. The topological polar surface area (TPSA) is 103 Å². The van der Waals surface area contributed by atoms with Crippen LogP contribution >= 0.6 is 0 Å².